The van der Waals surface area contributed by atoms with Gasteiger partial charge >= 0.3 is 0 Å². The minimum atomic E-state index is -0.264. The Morgan fingerprint density at radius 2 is 1.54 bits per heavy atom. The molecular weight excluding hydrogens is 168 g/mol. The molecule has 0 aliphatic heterocycles. The average molecular weight is 190 g/mol. The van der Waals surface area contributed by atoms with Crippen LogP contribution in [-0.2, 0) is 9.47 Å². The molecule has 0 aromatic carbocycles. The number of rotatable bonds is 7. The lowest BCUT2D eigenvalue weighted by Crippen LogP contribution is -2.33. The Hall–Kier alpha value is -0.120. The van der Waals surface area contributed by atoms with Crippen molar-refractivity contribution in [3.8, 4) is 0 Å². The van der Waals surface area contributed by atoms with Crippen LogP contribution in [-0.4, -0.2) is 31.2 Å². The molecule has 3 nitrogen and oxygen atoms in total. The Kier molecular flexibility index (Phi) is 7.23. The van der Waals surface area contributed by atoms with Crippen molar-refractivity contribution in [3.05, 3.63) is 0 Å². The maximum Gasteiger partial charge on any atom is 0.162 e. The molecule has 1 N–H and O–H groups in total. The van der Waals surface area contributed by atoms with Gasteiger partial charge in [0.1, 0.15) is 0 Å². The van der Waals surface area contributed by atoms with Crippen molar-refractivity contribution >= 4 is 0 Å². The maximum absolute atomic E-state index is 9.16. The molecule has 13 heavy (non-hydrogen) atoms. The van der Waals surface area contributed by atoms with Crippen molar-refractivity contribution in [1.82, 2.24) is 0 Å². The highest BCUT2D eigenvalue weighted by atomic mass is 16.7. The largest absolute Gasteiger partial charge is 0.396 e. The number of ether oxygens (including phenoxy) is 2. The van der Waals surface area contributed by atoms with Gasteiger partial charge in [0.2, 0.25) is 0 Å². The molecular formula is C10H22O3. The predicted molar refractivity (Wildman–Crippen MR) is 52.5 cm³/mol. The molecule has 1 atom stereocenters. The molecule has 0 bridgehead atoms. The molecule has 0 spiro atoms. The third kappa shape index (κ3) is 4.60. The number of hydrogen-bond donors (Lipinski definition) is 1. The molecule has 0 saturated heterocycles. The average Bonchev–Trinajstić information content (AvgIpc) is 2.05. The molecule has 0 aromatic heterocycles. The quantitative estimate of drug-likeness (QED) is 0.620. The van der Waals surface area contributed by atoms with E-state index in [9.17, 15) is 0 Å². The highest BCUT2D eigenvalue weighted by molar-refractivity contribution is 4.65. The van der Waals surface area contributed by atoms with Crippen molar-refractivity contribution in [3.63, 3.8) is 0 Å². The van der Waals surface area contributed by atoms with E-state index < -0.39 is 0 Å². The van der Waals surface area contributed by atoms with Crippen LogP contribution < -0.4 is 0 Å². The predicted octanol–water partition coefficient (Wildman–Crippen LogP) is 1.65. The number of aliphatic hydroxyl groups excluding tert-OH is 1. The van der Waals surface area contributed by atoms with E-state index in [1.165, 1.54) is 0 Å². The van der Waals surface area contributed by atoms with Gasteiger partial charge in [-0.1, -0.05) is 13.8 Å². The fraction of sp³-hybridized carbons (Fsp3) is 1.00. The Morgan fingerprint density at radius 3 is 1.77 bits per heavy atom. The fourth-order valence-electron chi connectivity index (χ4n) is 1.23. The molecule has 0 aliphatic carbocycles. The molecule has 0 rings (SSSR count). The Morgan fingerprint density at radius 1 is 1.08 bits per heavy atom. The molecule has 0 radical (unpaired) electrons. The molecule has 0 fully saturated rings. The molecule has 3 heteroatoms. The molecule has 0 saturated carbocycles. The van der Waals surface area contributed by atoms with Crippen LogP contribution >= 0.6 is 0 Å². The summed E-state index contributed by atoms with van der Waals surface area (Å²) in [7, 11) is 0. The van der Waals surface area contributed by atoms with Gasteiger partial charge in [0.25, 0.3) is 0 Å². The Balaban J connectivity index is 4.11. The van der Waals surface area contributed by atoms with Crippen LogP contribution in [0.3, 0.4) is 0 Å². The number of hydrogen-bond acceptors (Lipinski definition) is 3. The summed E-state index contributed by atoms with van der Waals surface area (Å²) in [5.41, 5.74) is 0. The van der Waals surface area contributed by atoms with E-state index in [0.29, 0.717) is 19.1 Å². The summed E-state index contributed by atoms with van der Waals surface area (Å²) in [5.74, 6) is 0.438. The molecule has 80 valence electrons. The van der Waals surface area contributed by atoms with Crippen LogP contribution in [0.25, 0.3) is 0 Å². The summed E-state index contributed by atoms with van der Waals surface area (Å²) in [4.78, 5) is 0. The topological polar surface area (TPSA) is 38.7 Å². The summed E-state index contributed by atoms with van der Waals surface area (Å²) < 4.78 is 10.8. The molecule has 0 aliphatic rings. The smallest absolute Gasteiger partial charge is 0.162 e. The zero-order valence-corrected chi connectivity index (χ0v) is 9.12. The van der Waals surface area contributed by atoms with E-state index in [-0.39, 0.29) is 18.8 Å². The zero-order valence-electron chi connectivity index (χ0n) is 9.12. The fourth-order valence-corrected chi connectivity index (χ4v) is 1.23. The normalized spacial score (nSPS) is 14.1. The van der Waals surface area contributed by atoms with Gasteiger partial charge in [0, 0.05) is 19.1 Å². The maximum atomic E-state index is 9.16. The first kappa shape index (κ1) is 12.9. The monoisotopic (exact) mass is 190 g/mol. The summed E-state index contributed by atoms with van der Waals surface area (Å²) in [6, 6.07) is 0. The lowest BCUT2D eigenvalue weighted by Gasteiger charge is -2.27. The van der Waals surface area contributed by atoms with Crippen LogP contribution in [0.4, 0.5) is 0 Å². The van der Waals surface area contributed by atoms with Crippen molar-refractivity contribution in [2.75, 3.05) is 19.8 Å². The Labute approximate surface area is 81.0 Å². The molecule has 1 unspecified atom stereocenters. The van der Waals surface area contributed by atoms with Crippen LogP contribution in [0.2, 0.25) is 0 Å². The second-order valence-corrected chi connectivity index (χ2v) is 3.37. The minimum Gasteiger partial charge on any atom is -0.396 e. The van der Waals surface area contributed by atoms with E-state index in [4.69, 9.17) is 14.6 Å². The van der Waals surface area contributed by atoms with Gasteiger partial charge in [0.15, 0.2) is 6.29 Å². The van der Waals surface area contributed by atoms with Crippen LogP contribution in [0.1, 0.15) is 27.7 Å². The lowest BCUT2D eigenvalue weighted by atomic mass is 9.96. The summed E-state index contributed by atoms with van der Waals surface area (Å²) in [6.07, 6.45) is -0.264. The van der Waals surface area contributed by atoms with Gasteiger partial charge in [0.05, 0.1) is 6.61 Å². The third-order valence-corrected chi connectivity index (χ3v) is 2.08. The highest BCUT2D eigenvalue weighted by Crippen LogP contribution is 2.18. The van der Waals surface area contributed by atoms with Crippen molar-refractivity contribution in [2.24, 2.45) is 11.8 Å². The second kappa shape index (κ2) is 7.30. The van der Waals surface area contributed by atoms with E-state index in [1.54, 1.807) is 0 Å². The van der Waals surface area contributed by atoms with Crippen molar-refractivity contribution < 1.29 is 14.6 Å². The van der Waals surface area contributed by atoms with E-state index >= 15 is 0 Å². The van der Waals surface area contributed by atoms with Crippen LogP contribution in [0.15, 0.2) is 0 Å². The van der Waals surface area contributed by atoms with Gasteiger partial charge in [-0.2, -0.15) is 0 Å². The van der Waals surface area contributed by atoms with Crippen molar-refractivity contribution in [1.29, 1.82) is 0 Å². The Bertz CT molecular complexity index is 109. The standard InChI is InChI=1S/C10H22O3/c1-5-12-10(13-6-2)9(7-11)8(3)4/h8-11H,5-7H2,1-4H3. The first-order valence-electron chi connectivity index (χ1n) is 5.01. The first-order chi connectivity index (χ1) is 6.17. The summed E-state index contributed by atoms with van der Waals surface area (Å²) in [6.45, 7) is 9.34. The zero-order chi connectivity index (χ0) is 10.3. The summed E-state index contributed by atoms with van der Waals surface area (Å²) in [5, 5.41) is 9.16. The minimum absolute atomic E-state index is 0.0694. The lowest BCUT2D eigenvalue weighted by molar-refractivity contribution is -0.182. The van der Waals surface area contributed by atoms with Gasteiger partial charge in [-0.15, -0.1) is 0 Å². The molecule has 0 aromatic rings. The van der Waals surface area contributed by atoms with Gasteiger partial charge < -0.3 is 14.6 Å². The van der Waals surface area contributed by atoms with Gasteiger partial charge in [-0.3, -0.25) is 0 Å². The van der Waals surface area contributed by atoms with E-state index in [2.05, 4.69) is 13.8 Å². The second-order valence-electron chi connectivity index (χ2n) is 3.37. The first-order valence-corrected chi connectivity index (χ1v) is 5.01. The van der Waals surface area contributed by atoms with Crippen LogP contribution in [0.5, 0.6) is 0 Å². The highest BCUT2D eigenvalue weighted by Gasteiger charge is 2.24. The SMILES string of the molecule is CCOC(OCC)C(CO)C(C)C. The molecule has 0 heterocycles. The van der Waals surface area contributed by atoms with Crippen molar-refractivity contribution in [2.45, 2.75) is 34.0 Å². The van der Waals surface area contributed by atoms with Crippen LogP contribution in [0, 0.1) is 11.8 Å². The number of aliphatic hydroxyl groups is 1. The van der Waals surface area contributed by atoms with Gasteiger partial charge in [-0.05, 0) is 19.8 Å². The summed E-state index contributed by atoms with van der Waals surface area (Å²) >= 11 is 0. The van der Waals surface area contributed by atoms with Gasteiger partial charge in [-0.25, -0.2) is 0 Å². The van der Waals surface area contributed by atoms with E-state index in [1.807, 2.05) is 13.8 Å². The molecule has 0 amide bonds. The van der Waals surface area contributed by atoms with E-state index in [0.717, 1.165) is 0 Å². The third-order valence-electron chi connectivity index (χ3n) is 2.08.